The number of aliphatic imine (C=N–C) groups is 1. The molecule has 3 unspecified atom stereocenters. The van der Waals surface area contributed by atoms with Gasteiger partial charge in [-0.2, -0.15) is 11.8 Å². The summed E-state index contributed by atoms with van der Waals surface area (Å²) >= 11 is 2.11. The van der Waals surface area contributed by atoms with Crippen LogP contribution in [0.15, 0.2) is 35.3 Å². The minimum absolute atomic E-state index is 0. The van der Waals surface area contributed by atoms with Crippen LogP contribution in [-0.4, -0.2) is 55.3 Å². The lowest BCUT2D eigenvalue weighted by Gasteiger charge is -2.41. The Morgan fingerprint density at radius 2 is 1.97 bits per heavy atom. The number of rotatable bonds is 8. The molecule has 1 aliphatic heterocycles. The Morgan fingerprint density at radius 3 is 2.65 bits per heavy atom. The van der Waals surface area contributed by atoms with Crippen molar-refractivity contribution in [3.05, 3.63) is 35.9 Å². The summed E-state index contributed by atoms with van der Waals surface area (Å²) in [4.78, 5) is 4.53. The minimum Gasteiger partial charge on any atom is -0.381 e. The average Bonchev–Trinajstić information content (AvgIpc) is 2.78. The van der Waals surface area contributed by atoms with Crippen molar-refractivity contribution < 1.29 is 4.74 Å². The van der Waals surface area contributed by atoms with Gasteiger partial charge < -0.3 is 20.7 Å². The van der Waals surface area contributed by atoms with E-state index in [1.807, 2.05) is 7.05 Å². The molecule has 0 aromatic heterocycles. The van der Waals surface area contributed by atoms with Gasteiger partial charge in [0.1, 0.15) is 0 Å². The highest BCUT2D eigenvalue weighted by Gasteiger charge is 2.34. The Hall–Kier alpha value is -0.510. The fourth-order valence-electron chi connectivity index (χ4n) is 4.72. The highest BCUT2D eigenvalue weighted by molar-refractivity contribution is 14.0. The minimum atomic E-state index is 0. The quantitative estimate of drug-likeness (QED) is 0.244. The second-order valence-electron chi connectivity index (χ2n) is 8.68. The van der Waals surface area contributed by atoms with E-state index in [1.165, 1.54) is 37.0 Å². The molecule has 0 spiro atoms. The monoisotopic (exact) mass is 560 g/mol. The van der Waals surface area contributed by atoms with Crippen LogP contribution < -0.4 is 16.0 Å². The van der Waals surface area contributed by atoms with Crippen molar-refractivity contribution >= 4 is 41.7 Å². The largest absolute Gasteiger partial charge is 0.381 e. The molecule has 3 rings (SSSR count). The molecule has 1 aromatic rings. The van der Waals surface area contributed by atoms with Crippen LogP contribution in [0.4, 0.5) is 0 Å². The molecular weight excluding hydrogens is 519 g/mol. The Balaban J connectivity index is 0.00000341. The molecule has 2 fully saturated rings. The van der Waals surface area contributed by atoms with E-state index in [9.17, 15) is 0 Å². The smallest absolute Gasteiger partial charge is 0.191 e. The summed E-state index contributed by atoms with van der Waals surface area (Å²) in [6, 6.07) is 11.5. The van der Waals surface area contributed by atoms with Crippen LogP contribution in [0.25, 0.3) is 0 Å². The maximum Gasteiger partial charge on any atom is 0.191 e. The van der Waals surface area contributed by atoms with E-state index in [2.05, 4.69) is 76.9 Å². The van der Waals surface area contributed by atoms with E-state index in [0.717, 1.165) is 43.8 Å². The van der Waals surface area contributed by atoms with Crippen LogP contribution in [0.5, 0.6) is 0 Å². The fraction of sp³-hybridized carbons (Fsp3) is 0.708. The number of thioether (sulfide) groups is 1. The van der Waals surface area contributed by atoms with E-state index in [-0.39, 0.29) is 29.5 Å². The molecule has 1 saturated carbocycles. The molecule has 3 atom stereocenters. The molecule has 1 aromatic carbocycles. The lowest BCUT2D eigenvalue weighted by atomic mass is 9.88. The molecule has 0 radical (unpaired) electrons. The number of ether oxygens (including phenoxy) is 1. The number of nitrogens with one attached hydrogen (secondary N) is 3. The fourth-order valence-corrected chi connectivity index (χ4v) is 5.90. The maximum atomic E-state index is 5.69. The molecule has 176 valence electrons. The molecule has 7 heteroatoms. The molecule has 2 aliphatic rings. The predicted molar refractivity (Wildman–Crippen MR) is 145 cm³/mol. The highest BCUT2D eigenvalue weighted by Crippen LogP contribution is 2.28. The molecule has 1 aliphatic carbocycles. The molecule has 5 nitrogen and oxygen atoms in total. The van der Waals surface area contributed by atoms with Crippen LogP contribution in [0.3, 0.4) is 0 Å². The van der Waals surface area contributed by atoms with E-state index in [0.29, 0.717) is 12.1 Å². The summed E-state index contributed by atoms with van der Waals surface area (Å²) in [5, 5.41) is 12.1. The van der Waals surface area contributed by atoms with Crippen molar-refractivity contribution in [2.75, 3.05) is 32.6 Å². The van der Waals surface area contributed by atoms with Crippen molar-refractivity contribution in [1.82, 2.24) is 16.0 Å². The van der Waals surface area contributed by atoms with Gasteiger partial charge >= 0.3 is 0 Å². The summed E-state index contributed by atoms with van der Waals surface area (Å²) in [6.07, 6.45) is 7.15. The normalized spacial score (nSPS) is 24.7. The summed E-state index contributed by atoms with van der Waals surface area (Å²) in [5.74, 6) is 2.14. The molecule has 0 amide bonds. The number of benzene rings is 1. The number of hydrogen-bond acceptors (Lipinski definition) is 4. The number of guanidine groups is 1. The standard InChI is InChI=1S/C24H40N4OS.HI/c1-4-30-22-12-8-11-21(17-22)27-23(25-3)26-18-24(13-15-29-16-14-24)28-19(2)20-9-6-5-7-10-20;/h5-7,9-10,19,21-22,28H,4,8,11-18H2,1-3H3,(H2,25,26,27);1H. The summed E-state index contributed by atoms with van der Waals surface area (Å²) in [7, 11) is 1.88. The summed E-state index contributed by atoms with van der Waals surface area (Å²) < 4.78 is 5.69. The van der Waals surface area contributed by atoms with Crippen molar-refractivity contribution in [1.29, 1.82) is 0 Å². The molecule has 1 saturated heterocycles. The first-order chi connectivity index (χ1) is 14.6. The van der Waals surface area contributed by atoms with Crippen LogP contribution >= 0.6 is 35.7 Å². The third kappa shape index (κ3) is 8.41. The third-order valence-corrected chi connectivity index (χ3v) is 7.69. The molecule has 31 heavy (non-hydrogen) atoms. The van der Waals surface area contributed by atoms with Crippen molar-refractivity contribution in [2.24, 2.45) is 4.99 Å². The first-order valence-corrected chi connectivity index (χ1v) is 12.7. The van der Waals surface area contributed by atoms with Gasteiger partial charge in [-0.25, -0.2) is 0 Å². The zero-order chi connectivity index (χ0) is 21.2. The first kappa shape index (κ1) is 26.7. The van der Waals surface area contributed by atoms with Gasteiger partial charge in [-0.1, -0.05) is 43.7 Å². The Labute approximate surface area is 210 Å². The maximum absolute atomic E-state index is 5.69. The second kappa shape index (κ2) is 13.9. The molecule has 0 bridgehead atoms. The van der Waals surface area contributed by atoms with Gasteiger partial charge in [0.05, 0.1) is 0 Å². The van der Waals surface area contributed by atoms with Gasteiger partial charge in [0.2, 0.25) is 0 Å². The molecular formula is C24H41IN4OS. The first-order valence-electron chi connectivity index (χ1n) is 11.6. The summed E-state index contributed by atoms with van der Waals surface area (Å²) in [6.45, 7) is 6.99. The van der Waals surface area contributed by atoms with Crippen molar-refractivity contribution in [3.8, 4) is 0 Å². The van der Waals surface area contributed by atoms with Crippen molar-refractivity contribution in [2.45, 2.75) is 75.2 Å². The number of nitrogens with zero attached hydrogens (tertiary/aromatic N) is 1. The van der Waals surface area contributed by atoms with Crippen molar-refractivity contribution in [3.63, 3.8) is 0 Å². The SMILES string of the molecule is CCSC1CCCC(NC(=NC)NCC2(NC(C)c3ccccc3)CCOCC2)C1.I. The molecule has 3 N–H and O–H groups in total. The summed E-state index contributed by atoms with van der Waals surface area (Å²) in [5.41, 5.74) is 1.34. The lowest BCUT2D eigenvalue weighted by Crippen LogP contribution is -2.59. The van der Waals surface area contributed by atoms with Gasteiger partial charge in [-0.05, 0) is 50.3 Å². The zero-order valence-corrected chi connectivity index (χ0v) is 22.5. The third-order valence-electron chi connectivity index (χ3n) is 6.46. The van der Waals surface area contributed by atoms with Gasteiger partial charge in [0, 0.05) is 49.7 Å². The van der Waals surface area contributed by atoms with Crippen LogP contribution in [-0.2, 0) is 4.74 Å². The van der Waals surface area contributed by atoms with Crippen LogP contribution in [0.2, 0.25) is 0 Å². The van der Waals surface area contributed by atoms with Gasteiger partial charge in [-0.15, -0.1) is 24.0 Å². The van der Waals surface area contributed by atoms with Crippen LogP contribution in [0.1, 0.15) is 64.0 Å². The van der Waals surface area contributed by atoms with Crippen LogP contribution in [0, 0.1) is 0 Å². The van der Waals surface area contributed by atoms with Gasteiger partial charge in [0.25, 0.3) is 0 Å². The second-order valence-corrected chi connectivity index (χ2v) is 10.3. The van der Waals surface area contributed by atoms with Gasteiger partial charge in [0.15, 0.2) is 5.96 Å². The highest BCUT2D eigenvalue weighted by atomic mass is 127. The van der Waals surface area contributed by atoms with Gasteiger partial charge in [-0.3, -0.25) is 4.99 Å². The average molecular weight is 561 g/mol. The number of halogens is 1. The van der Waals surface area contributed by atoms with E-state index in [1.54, 1.807) is 0 Å². The van der Waals surface area contributed by atoms with E-state index < -0.39 is 0 Å². The number of hydrogen-bond donors (Lipinski definition) is 3. The lowest BCUT2D eigenvalue weighted by molar-refractivity contribution is 0.0354. The Bertz CT molecular complexity index is 652. The predicted octanol–water partition coefficient (Wildman–Crippen LogP) is 4.73. The van der Waals surface area contributed by atoms with E-state index in [4.69, 9.17) is 4.74 Å². The Kier molecular flexibility index (Phi) is 12.0. The Morgan fingerprint density at radius 1 is 1.23 bits per heavy atom. The topological polar surface area (TPSA) is 57.7 Å². The molecule has 1 heterocycles. The zero-order valence-electron chi connectivity index (χ0n) is 19.4. The van der Waals surface area contributed by atoms with E-state index >= 15 is 0 Å².